The van der Waals surface area contributed by atoms with E-state index < -0.39 is 4.92 Å². The molecule has 0 aromatic heterocycles. The molecule has 0 aliphatic heterocycles. The Morgan fingerprint density at radius 2 is 2.27 bits per heavy atom. The third-order valence-corrected chi connectivity index (χ3v) is 1.99. The Hall–Kier alpha value is -1.86. The Bertz CT molecular complexity index is 430. The predicted molar refractivity (Wildman–Crippen MR) is 58.6 cm³/mol. The summed E-state index contributed by atoms with van der Waals surface area (Å²) in [5, 5.41) is 13.5. The van der Waals surface area contributed by atoms with Crippen molar-refractivity contribution >= 4 is 5.69 Å². The van der Waals surface area contributed by atoms with E-state index in [1.54, 1.807) is 26.1 Å². The molecule has 0 bridgehead atoms. The normalized spacial score (nSPS) is 9.20. The van der Waals surface area contributed by atoms with Crippen LogP contribution in [0.1, 0.15) is 11.1 Å². The van der Waals surface area contributed by atoms with Crippen molar-refractivity contribution in [2.24, 2.45) is 0 Å². The van der Waals surface area contributed by atoms with Crippen molar-refractivity contribution in [1.29, 1.82) is 0 Å². The topological polar surface area (TPSA) is 55.2 Å². The van der Waals surface area contributed by atoms with Gasteiger partial charge in [0, 0.05) is 17.2 Å². The highest BCUT2D eigenvalue weighted by Crippen LogP contribution is 2.19. The van der Waals surface area contributed by atoms with Crippen LogP contribution >= 0.6 is 0 Å². The molecule has 0 saturated carbocycles. The first-order valence-electron chi connectivity index (χ1n) is 4.54. The van der Waals surface area contributed by atoms with Gasteiger partial charge >= 0.3 is 0 Å². The van der Waals surface area contributed by atoms with Gasteiger partial charge in [0.05, 0.1) is 11.5 Å². The van der Waals surface area contributed by atoms with E-state index in [4.69, 9.17) is 0 Å². The van der Waals surface area contributed by atoms with Gasteiger partial charge in [0.25, 0.3) is 5.69 Å². The largest absolute Gasteiger partial charge is 0.309 e. The van der Waals surface area contributed by atoms with Crippen LogP contribution in [0.5, 0.6) is 0 Å². The minimum atomic E-state index is -0.390. The van der Waals surface area contributed by atoms with E-state index in [2.05, 4.69) is 17.2 Å². The maximum absolute atomic E-state index is 10.6. The summed E-state index contributed by atoms with van der Waals surface area (Å²) < 4.78 is 0. The molecule has 1 rings (SSSR count). The molecule has 15 heavy (non-hydrogen) atoms. The van der Waals surface area contributed by atoms with Crippen LogP contribution in [-0.2, 0) is 0 Å². The molecule has 0 atom stereocenters. The summed E-state index contributed by atoms with van der Waals surface area (Å²) in [4.78, 5) is 10.3. The summed E-state index contributed by atoms with van der Waals surface area (Å²) in [5.74, 6) is 5.77. The second kappa shape index (κ2) is 5.13. The zero-order valence-electron chi connectivity index (χ0n) is 8.70. The number of nitrogens with one attached hydrogen (secondary N) is 1. The van der Waals surface area contributed by atoms with Crippen molar-refractivity contribution in [2.75, 3.05) is 13.6 Å². The van der Waals surface area contributed by atoms with Crippen LogP contribution in [0.25, 0.3) is 0 Å². The zero-order valence-corrected chi connectivity index (χ0v) is 8.70. The maximum Gasteiger partial charge on any atom is 0.273 e. The molecule has 4 nitrogen and oxygen atoms in total. The smallest absolute Gasteiger partial charge is 0.273 e. The predicted octanol–water partition coefficient (Wildman–Crippen LogP) is 1.47. The first-order chi connectivity index (χ1) is 7.16. The fourth-order valence-electron chi connectivity index (χ4n) is 1.18. The summed E-state index contributed by atoms with van der Waals surface area (Å²) >= 11 is 0. The number of nitro benzene ring substituents is 1. The van der Waals surface area contributed by atoms with E-state index in [1.807, 2.05) is 0 Å². The van der Waals surface area contributed by atoms with Gasteiger partial charge in [-0.25, -0.2) is 0 Å². The molecule has 0 radical (unpaired) electrons. The van der Waals surface area contributed by atoms with Crippen LogP contribution in [0.3, 0.4) is 0 Å². The standard InChI is InChI=1S/C11H12N2O2/c1-9-10(6-4-8-12-2)5-3-7-11(9)13(14)15/h3,5,7,12H,8H2,1-2H3. The Kier molecular flexibility index (Phi) is 3.83. The zero-order chi connectivity index (χ0) is 11.3. The highest BCUT2D eigenvalue weighted by molar-refractivity contribution is 5.51. The van der Waals surface area contributed by atoms with Gasteiger partial charge in [-0.2, -0.15) is 0 Å². The molecule has 1 N–H and O–H groups in total. The lowest BCUT2D eigenvalue weighted by atomic mass is 10.1. The Morgan fingerprint density at radius 1 is 1.53 bits per heavy atom. The quantitative estimate of drug-likeness (QED) is 0.451. The third kappa shape index (κ3) is 2.79. The highest BCUT2D eigenvalue weighted by atomic mass is 16.6. The van der Waals surface area contributed by atoms with Crippen LogP contribution in [0.2, 0.25) is 0 Å². The van der Waals surface area contributed by atoms with Crippen LogP contribution in [0.15, 0.2) is 18.2 Å². The van der Waals surface area contributed by atoms with Gasteiger partial charge < -0.3 is 5.32 Å². The van der Waals surface area contributed by atoms with Gasteiger partial charge in [-0.3, -0.25) is 10.1 Å². The molecule has 1 aromatic rings. The van der Waals surface area contributed by atoms with Gasteiger partial charge in [-0.15, -0.1) is 0 Å². The van der Waals surface area contributed by atoms with Gasteiger partial charge in [0.2, 0.25) is 0 Å². The number of nitrogens with zero attached hydrogens (tertiary/aromatic N) is 1. The van der Waals surface area contributed by atoms with Gasteiger partial charge in [-0.1, -0.05) is 17.9 Å². The molecule has 0 spiro atoms. The van der Waals surface area contributed by atoms with Crippen LogP contribution in [0.4, 0.5) is 5.69 Å². The van der Waals surface area contributed by atoms with E-state index in [1.165, 1.54) is 6.07 Å². The van der Waals surface area contributed by atoms with E-state index in [-0.39, 0.29) is 5.69 Å². The second-order valence-corrected chi connectivity index (χ2v) is 3.04. The van der Waals surface area contributed by atoms with E-state index in [0.29, 0.717) is 17.7 Å². The third-order valence-electron chi connectivity index (χ3n) is 1.99. The summed E-state index contributed by atoms with van der Waals surface area (Å²) in [7, 11) is 1.80. The molecular formula is C11H12N2O2. The molecular weight excluding hydrogens is 192 g/mol. The average molecular weight is 204 g/mol. The van der Waals surface area contributed by atoms with Gasteiger partial charge in [0.1, 0.15) is 0 Å². The molecule has 0 aliphatic carbocycles. The van der Waals surface area contributed by atoms with Crippen LogP contribution in [-0.4, -0.2) is 18.5 Å². The highest BCUT2D eigenvalue weighted by Gasteiger charge is 2.11. The second-order valence-electron chi connectivity index (χ2n) is 3.04. The molecule has 0 saturated heterocycles. The molecule has 0 heterocycles. The van der Waals surface area contributed by atoms with Crippen molar-refractivity contribution in [3.63, 3.8) is 0 Å². The average Bonchev–Trinajstić information content (AvgIpc) is 2.20. The first-order valence-corrected chi connectivity index (χ1v) is 4.54. The Balaban J connectivity index is 3.06. The number of hydrogen-bond donors (Lipinski definition) is 1. The summed E-state index contributed by atoms with van der Waals surface area (Å²) in [6.07, 6.45) is 0. The molecule has 4 heteroatoms. The molecule has 78 valence electrons. The Morgan fingerprint density at radius 3 is 2.87 bits per heavy atom. The number of rotatable bonds is 2. The fourth-order valence-corrected chi connectivity index (χ4v) is 1.18. The summed E-state index contributed by atoms with van der Waals surface area (Å²) in [6.45, 7) is 2.28. The van der Waals surface area contributed by atoms with Crippen molar-refractivity contribution < 1.29 is 4.92 Å². The monoisotopic (exact) mass is 204 g/mol. The number of benzene rings is 1. The minimum Gasteiger partial charge on any atom is -0.309 e. The van der Waals surface area contributed by atoms with Crippen molar-refractivity contribution in [3.8, 4) is 11.8 Å². The number of nitro groups is 1. The Labute approximate surface area is 88.5 Å². The number of hydrogen-bond acceptors (Lipinski definition) is 3. The lowest BCUT2D eigenvalue weighted by molar-refractivity contribution is -0.385. The SMILES string of the molecule is CNCC#Cc1cccc([N+](=O)[O-])c1C. The van der Waals surface area contributed by atoms with E-state index >= 15 is 0 Å². The van der Waals surface area contributed by atoms with E-state index in [0.717, 1.165) is 0 Å². The van der Waals surface area contributed by atoms with Crippen LogP contribution < -0.4 is 5.32 Å². The molecule has 0 fully saturated rings. The summed E-state index contributed by atoms with van der Waals surface area (Å²) in [5.41, 5.74) is 1.44. The van der Waals surface area contributed by atoms with Crippen molar-refractivity contribution in [1.82, 2.24) is 5.32 Å². The molecule has 0 amide bonds. The molecule has 1 aromatic carbocycles. The summed E-state index contributed by atoms with van der Waals surface area (Å²) in [6, 6.07) is 4.91. The van der Waals surface area contributed by atoms with Gasteiger partial charge in [0.15, 0.2) is 0 Å². The molecule has 0 unspecified atom stereocenters. The van der Waals surface area contributed by atoms with Crippen LogP contribution in [0, 0.1) is 28.9 Å². The van der Waals surface area contributed by atoms with Crippen molar-refractivity contribution in [2.45, 2.75) is 6.92 Å². The lowest BCUT2D eigenvalue weighted by Crippen LogP contribution is -2.04. The fraction of sp³-hybridized carbons (Fsp3) is 0.273. The van der Waals surface area contributed by atoms with Gasteiger partial charge in [-0.05, 0) is 20.0 Å². The lowest BCUT2D eigenvalue weighted by Gasteiger charge is -1.98. The first kappa shape index (κ1) is 11.2. The van der Waals surface area contributed by atoms with Crippen molar-refractivity contribution in [3.05, 3.63) is 39.4 Å². The van der Waals surface area contributed by atoms with E-state index in [9.17, 15) is 10.1 Å². The molecule has 0 aliphatic rings. The minimum absolute atomic E-state index is 0.117. The maximum atomic E-state index is 10.6.